The Bertz CT molecular complexity index is 2740. The van der Waals surface area contributed by atoms with Gasteiger partial charge in [-0.25, -0.2) is 4.79 Å². The molecule has 8 rings (SSSR count). The van der Waals surface area contributed by atoms with Gasteiger partial charge in [-0.1, -0.05) is 163 Å². The highest BCUT2D eigenvalue weighted by Crippen LogP contribution is 2.50. The summed E-state index contributed by atoms with van der Waals surface area (Å²) in [5.41, 5.74) is 3.31. The minimum atomic E-state index is -2.32. The van der Waals surface area contributed by atoms with Gasteiger partial charge in [-0.2, -0.15) is 0 Å². The quantitative estimate of drug-likeness (QED) is 0.0868. The van der Waals surface area contributed by atoms with E-state index in [0.29, 0.717) is 11.5 Å². The number of hydrogen-bond donors (Lipinski definition) is 0. The van der Waals surface area contributed by atoms with Crippen molar-refractivity contribution in [3.8, 4) is 45.3 Å². The first-order valence-electron chi connectivity index (χ1n) is 20.8. The topological polar surface area (TPSA) is 54.0 Å². The van der Waals surface area contributed by atoms with E-state index >= 15 is 0 Å². The van der Waals surface area contributed by atoms with Crippen molar-refractivity contribution < 1.29 is 23.1 Å². The lowest BCUT2D eigenvalue weighted by Crippen LogP contribution is -2.44. The highest BCUT2D eigenvalue weighted by molar-refractivity contribution is 6.75. The molecular formula is C53H54O5Si2. The number of rotatable bonds is 8. The molecule has 8 aromatic rings. The van der Waals surface area contributed by atoms with Gasteiger partial charge in [-0.15, -0.1) is 0 Å². The highest BCUT2D eigenvalue weighted by Gasteiger charge is 2.41. The van der Waals surface area contributed by atoms with E-state index in [9.17, 15) is 4.79 Å². The molecule has 0 bridgehead atoms. The Labute approximate surface area is 356 Å². The summed E-state index contributed by atoms with van der Waals surface area (Å²) >= 11 is 0. The summed E-state index contributed by atoms with van der Waals surface area (Å²) in [6.07, 6.45) is -0.845. The largest absolute Gasteiger partial charge is 0.543 e. The lowest BCUT2D eigenvalue weighted by molar-refractivity contribution is 0.152. The molecule has 0 aliphatic carbocycles. The first kappa shape index (κ1) is 40.9. The molecular weight excluding hydrogens is 773 g/mol. The van der Waals surface area contributed by atoms with E-state index in [-0.39, 0.29) is 10.1 Å². The lowest BCUT2D eigenvalue weighted by Gasteiger charge is -2.37. The van der Waals surface area contributed by atoms with Gasteiger partial charge in [-0.05, 0) is 104 Å². The van der Waals surface area contributed by atoms with Crippen LogP contribution in [0.5, 0.6) is 23.0 Å². The van der Waals surface area contributed by atoms with Crippen LogP contribution in [0, 0.1) is 0 Å². The van der Waals surface area contributed by atoms with Gasteiger partial charge in [0.25, 0.3) is 16.6 Å². The fraction of sp³-hybridized carbons (Fsp3) is 0.226. The number of hydrogen-bond acceptors (Lipinski definition) is 5. The van der Waals surface area contributed by atoms with Crippen LogP contribution in [-0.4, -0.2) is 22.8 Å². The number of ether oxygens (including phenoxy) is 2. The van der Waals surface area contributed by atoms with E-state index in [1.165, 1.54) is 0 Å². The summed E-state index contributed by atoms with van der Waals surface area (Å²) in [5.74, 6) is 2.28. The van der Waals surface area contributed by atoms with Crippen molar-refractivity contribution in [1.29, 1.82) is 0 Å². The van der Waals surface area contributed by atoms with E-state index in [2.05, 4.69) is 141 Å². The second-order valence-corrected chi connectivity index (χ2v) is 28.3. The van der Waals surface area contributed by atoms with E-state index in [4.69, 9.17) is 18.3 Å². The van der Waals surface area contributed by atoms with Crippen LogP contribution in [0.25, 0.3) is 65.3 Å². The molecule has 0 unspecified atom stereocenters. The summed E-state index contributed by atoms with van der Waals surface area (Å²) in [7, 11) is -4.63. The fourth-order valence-electron chi connectivity index (χ4n) is 7.43. The van der Waals surface area contributed by atoms with Gasteiger partial charge < -0.3 is 18.3 Å². The molecule has 0 aliphatic heterocycles. The van der Waals surface area contributed by atoms with Crippen LogP contribution in [0.15, 0.2) is 146 Å². The molecule has 0 saturated heterocycles. The highest BCUT2D eigenvalue weighted by atomic mass is 28.4. The molecule has 8 aromatic carbocycles. The first-order chi connectivity index (χ1) is 28.4. The van der Waals surface area contributed by atoms with Gasteiger partial charge in [0.05, 0.1) is 0 Å². The van der Waals surface area contributed by atoms with E-state index in [1.54, 1.807) is 0 Å². The van der Waals surface area contributed by atoms with Gasteiger partial charge in [0.1, 0.15) is 23.0 Å². The summed E-state index contributed by atoms with van der Waals surface area (Å²) in [4.78, 5) is 14.5. The maximum atomic E-state index is 14.5. The molecule has 0 saturated carbocycles. The Balaban J connectivity index is 1.30. The number of carbonyl (C=O) groups excluding carboxylic acids is 1. The maximum absolute atomic E-state index is 14.5. The molecule has 7 heteroatoms. The zero-order chi connectivity index (χ0) is 42.6. The summed E-state index contributed by atoms with van der Waals surface area (Å²) in [6, 6.07) is 49.1. The van der Waals surface area contributed by atoms with Crippen molar-refractivity contribution in [3.63, 3.8) is 0 Å². The van der Waals surface area contributed by atoms with Crippen molar-refractivity contribution in [2.24, 2.45) is 0 Å². The molecule has 0 heterocycles. The Morgan fingerprint density at radius 2 is 0.617 bits per heavy atom. The Kier molecular flexibility index (Phi) is 10.4. The van der Waals surface area contributed by atoms with Crippen LogP contribution in [0.1, 0.15) is 41.5 Å². The molecule has 0 fully saturated rings. The number of fused-ring (bicyclic) bond motifs is 4. The average molecular weight is 827 g/mol. The maximum Gasteiger partial charge on any atom is 0.519 e. The summed E-state index contributed by atoms with van der Waals surface area (Å²) < 4.78 is 27.1. The van der Waals surface area contributed by atoms with Crippen LogP contribution in [0.3, 0.4) is 0 Å². The van der Waals surface area contributed by atoms with Crippen LogP contribution in [0.4, 0.5) is 4.79 Å². The molecule has 0 aliphatic rings. The number of carbonyl (C=O) groups is 1. The predicted molar refractivity (Wildman–Crippen MR) is 256 cm³/mol. The van der Waals surface area contributed by atoms with Crippen LogP contribution in [-0.2, 0) is 0 Å². The van der Waals surface area contributed by atoms with Gasteiger partial charge in [0, 0.05) is 22.3 Å². The van der Waals surface area contributed by atoms with E-state index < -0.39 is 22.8 Å². The predicted octanol–water partition coefficient (Wildman–Crippen LogP) is 16.0. The van der Waals surface area contributed by atoms with E-state index in [0.717, 1.165) is 76.8 Å². The average Bonchev–Trinajstić information content (AvgIpc) is 3.20. The third-order valence-corrected chi connectivity index (χ3v) is 21.5. The third-order valence-electron chi connectivity index (χ3n) is 12.8. The summed E-state index contributed by atoms with van der Waals surface area (Å²) in [6.45, 7) is 22.5. The SMILES string of the molecule is CC(C)(C)[Si](C)(C)Oc1ccc2ccccc2c1-c1c(OC(=O)Oc2ccc3ccccc3c2-c2c(O[Si](C)(C)C(C)(C)C)ccc3ccccc23)ccc2ccccc12. The van der Waals surface area contributed by atoms with Crippen molar-refractivity contribution in [2.75, 3.05) is 0 Å². The number of benzene rings is 8. The Morgan fingerprint density at radius 1 is 0.367 bits per heavy atom. The van der Waals surface area contributed by atoms with Crippen molar-refractivity contribution in [2.45, 2.75) is 77.8 Å². The molecule has 0 aromatic heterocycles. The zero-order valence-corrected chi connectivity index (χ0v) is 38.4. The van der Waals surface area contributed by atoms with Gasteiger partial charge in [0.2, 0.25) is 0 Å². The third kappa shape index (κ3) is 7.57. The first-order valence-corrected chi connectivity index (χ1v) is 26.6. The van der Waals surface area contributed by atoms with E-state index in [1.807, 2.05) is 72.8 Å². The van der Waals surface area contributed by atoms with Crippen LogP contribution >= 0.6 is 0 Å². The summed E-state index contributed by atoms with van der Waals surface area (Å²) in [5, 5.41) is 7.94. The Hall–Kier alpha value is -5.90. The molecule has 0 N–H and O–H groups in total. The molecule has 0 amide bonds. The van der Waals surface area contributed by atoms with Gasteiger partial charge in [0.15, 0.2) is 0 Å². The van der Waals surface area contributed by atoms with Crippen molar-refractivity contribution in [1.82, 2.24) is 0 Å². The smallest absolute Gasteiger partial charge is 0.519 e. The van der Waals surface area contributed by atoms with Crippen LogP contribution < -0.4 is 18.3 Å². The minimum absolute atomic E-state index is 0.0466. The molecule has 0 radical (unpaired) electrons. The lowest BCUT2D eigenvalue weighted by atomic mass is 9.92. The Morgan fingerprint density at radius 3 is 0.900 bits per heavy atom. The van der Waals surface area contributed by atoms with Gasteiger partial charge >= 0.3 is 6.16 Å². The zero-order valence-electron chi connectivity index (χ0n) is 36.4. The molecule has 304 valence electrons. The normalized spacial score (nSPS) is 12.6. The van der Waals surface area contributed by atoms with Crippen molar-refractivity contribution in [3.05, 3.63) is 146 Å². The standard InChI is InChI=1S/C53H54O5Si2/c1-52(2,3)59(7,8)57-45-33-29-37-21-13-17-25-41(37)49(45)47-39-23-15-11-19-35(39)27-31-43(47)55-51(54)56-44-32-28-36-20-12-16-24-40(36)48(44)50-42-26-18-14-22-38(42)30-34-46(50)58-60(9,10)53(4,5)6/h11-34H,1-10H3. The molecule has 60 heavy (non-hydrogen) atoms. The van der Waals surface area contributed by atoms with Gasteiger partial charge in [-0.3, -0.25) is 0 Å². The second kappa shape index (κ2) is 15.3. The fourth-order valence-corrected chi connectivity index (χ4v) is 9.49. The monoisotopic (exact) mass is 826 g/mol. The minimum Gasteiger partial charge on any atom is -0.543 e. The second-order valence-electron chi connectivity index (χ2n) is 18.8. The van der Waals surface area contributed by atoms with Crippen molar-refractivity contribution >= 4 is 65.9 Å². The molecule has 5 nitrogen and oxygen atoms in total. The molecule has 0 spiro atoms. The van der Waals surface area contributed by atoms with Crippen LogP contribution in [0.2, 0.25) is 36.3 Å². The molecule has 0 atom stereocenters.